The molecule has 0 saturated carbocycles. The van der Waals surface area contributed by atoms with Gasteiger partial charge in [0.2, 0.25) is 0 Å². The van der Waals surface area contributed by atoms with Gasteiger partial charge < -0.3 is 4.74 Å². The molecule has 92 valence electrons. The van der Waals surface area contributed by atoms with Crippen LogP contribution in [0.2, 0.25) is 0 Å². The Labute approximate surface area is 107 Å². The van der Waals surface area contributed by atoms with Crippen LogP contribution in [0.3, 0.4) is 0 Å². The third-order valence-corrected chi connectivity index (χ3v) is 3.00. The molecule has 0 radical (unpaired) electrons. The second kappa shape index (κ2) is 6.45. The maximum absolute atomic E-state index is 11.9. The van der Waals surface area contributed by atoms with E-state index in [1.54, 1.807) is 12.1 Å². The van der Waals surface area contributed by atoms with E-state index in [0.717, 1.165) is 5.56 Å². The Balaban J connectivity index is 2.71. The SMILES string of the molecule is COC(=O)C(CS)CC(=O)c1ccc(C)cc1. The Hall–Kier alpha value is -1.29. The van der Waals surface area contributed by atoms with Gasteiger partial charge in [0.1, 0.15) is 0 Å². The Morgan fingerprint density at radius 2 is 1.88 bits per heavy atom. The fraction of sp³-hybridized carbons (Fsp3) is 0.385. The zero-order valence-electron chi connectivity index (χ0n) is 9.97. The molecule has 0 aliphatic rings. The highest BCUT2D eigenvalue weighted by molar-refractivity contribution is 7.80. The molecular formula is C13H16O3S. The number of aryl methyl sites for hydroxylation is 1. The first kappa shape index (κ1) is 13.8. The minimum absolute atomic E-state index is 0.0607. The lowest BCUT2D eigenvalue weighted by atomic mass is 9.99. The Bertz CT molecular complexity index is 398. The summed E-state index contributed by atoms with van der Waals surface area (Å²) in [7, 11) is 1.31. The van der Waals surface area contributed by atoms with Gasteiger partial charge in [0.15, 0.2) is 5.78 Å². The van der Waals surface area contributed by atoms with E-state index in [2.05, 4.69) is 17.4 Å². The molecule has 1 rings (SSSR count). The van der Waals surface area contributed by atoms with Crippen LogP contribution in [0.25, 0.3) is 0 Å². The number of rotatable bonds is 5. The molecule has 1 atom stereocenters. The van der Waals surface area contributed by atoms with Crippen LogP contribution in [0, 0.1) is 12.8 Å². The van der Waals surface area contributed by atoms with Crippen LogP contribution in [0.15, 0.2) is 24.3 Å². The molecule has 1 aromatic carbocycles. The highest BCUT2D eigenvalue weighted by Crippen LogP contribution is 2.13. The quantitative estimate of drug-likeness (QED) is 0.497. The molecule has 3 nitrogen and oxygen atoms in total. The summed E-state index contributed by atoms with van der Waals surface area (Å²) in [6.07, 6.45) is 0.138. The number of carbonyl (C=O) groups excluding carboxylic acids is 2. The summed E-state index contributed by atoms with van der Waals surface area (Å²) in [5.74, 6) is -0.614. The van der Waals surface area contributed by atoms with Gasteiger partial charge in [-0.25, -0.2) is 0 Å². The van der Waals surface area contributed by atoms with Crippen molar-refractivity contribution in [2.75, 3.05) is 12.9 Å². The van der Waals surface area contributed by atoms with Gasteiger partial charge in [-0.15, -0.1) is 0 Å². The van der Waals surface area contributed by atoms with E-state index in [1.807, 2.05) is 19.1 Å². The molecule has 0 aromatic heterocycles. The van der Waals surface area contributed by atoms with E-state index in [4.69, 9.17) is 0 Å². The summed E-state index contributed by atoms with van der Waals surface area (Å²) in [4.78, 5) is 23.2. The van der Waals surface area contributed by atoms with Crippen LogP contribution in [-0.4, -0.2) is 24.6 Å². The standard InChI is InChI=1S/C13H16O3S/c1-9-3-5-10(6-4-9)12(14)7-11(8-17)13(15)16-2/h3-6,11,17H,7-8H2,1-2H3. The molecule has 0 aliphatic heterocycles. The number of carbonyl (C=O) groups is 2. The highest BCUT2D eigenvalue weighted by Gasteiger charge is 2.21. The van der Waals surface area contributed by atoms with Crippen molar-refractivity contribution < 1.29 is 14.3 Å². The van der Waals surface area contributed by atoms with Crippen molar-refractivity contribution in [1.82, 2.24) is 0 Å². The zero-order chi connectivity index (χ0) is 12.8. The Morgan fingerprint density at radius 1 is 1.29 bits per heavy atom. The molecule has 0 spiro atoms. The minimum atomic E-state index is -0.475. The molecule has 0 saturated heterocycles. The minimum Gasteiger partial charge on any atom is -0.469 e. The molecule has 4 heteroatoms. The first-order valence-electron chi connectivity index (χ1n) is 5.37. The second-order valence-corrected chi connectivity index (χ2v) is 4.26. The Morgan fingerprint density at radius 3 is 2.35 bits per heavy atom. The van der Waals surface area contributed by atoms with Crippen molar-refractivity contribution in [3.8, 4) is 0 Å². The molecule has 0 fully saturated rings. The van der Waals surface area contributed by atoms with Gasteiger partial charge in [0, 0.05) is 17.7 Å². The molecule has 0 aliphatic carbocycles. The predicted octanol–water partition coefficient (Wildman–Crippen LogP) is 2.29. The van der Waals surface area contributed by atoms with Crippen molar-refractivity contribution in [2.24, 2.45) is 5.92 Å². The number of methoxy groups -OCH3 is 1. The molecular weight excluding hydrogens is 236 g/mol. The average Bonchev–Trinajstić information content (AvgIpc) is 2.35. The smallest absolute Gasteiger partial charge is 0.309 e. The molecule has 0 N–H and O–H groups in total. The number of ether oxygens (including phenoxy) is 1. The van der Waals surface area contributed by atoms with Crippen LogP contribution in [0.4, 0.5) is 0 Å². The normalized spacial score (nSPS) is 11.9. The maximum atomic E-state index is 11.9. The van der Waals surface area contributed by atoms with Crippen molar-refractivity contribution in [1.29, 1.82) is 0 Å². The van der Waals surface area contributed by atoms with E-state index in [-0.39, 0.29) is 18.2 Å². The van der Waals surface area contributed by atoms with Gasteiger partial charge >= 0.3 is 5.97 Å². The van der Waals surface area contributed by atoms with Gasteiger partial charge in [0.05, 0.1) is 13.0 Å². The summed E-state index contributed by atoms with van der Waals surface area (Å²) in [5, 5.41) is 0. The zero-order valence-corrected chi connectivity index (χ0v) is 10.9. The Kier molecular flexibility index (Phi) is 5.22. The third kappa shape index (κ3) is 3.89. The van der Waals surface area contributed by atoms with Crippen molar-refractivity contribution in [2.45, 2.75) is 13.3 Å². The topological polar surface area (TPSA) is 43.4 Å². The van der Waals surface area contributed by atoms with Gasteiger partial charge in [-0.2, -0.15) is 12.6 Å². The fourth-order valence-electron chi connectivity index (χ4n) is 1.47. The molecule has 0 amide bonds. The van der Waals surface area contributed by atoms with Gasteiger partial charge in [-0.1, -0.05) is 29.8 Å². The lowest BCUT2D eigenvalue weighted by molar-refractivity contribution is -0.144. The van der Waals surface area contributed by atoms with Gasteiger partial charge in [0.25, 0.3) is 0 Å². The summed E-state index contributed by atoms with van der Waals surface area (Å²) in [6, 6.07) is 7.29. The summed E-state index contributed by atoms with van der Waals surface area (Å²) in [6.45, 7) is 1.96. The van der Waals surface area contributed by atoms with E-state index < -0.39 is 5.92 Å². The molecule has 1 aromatic rings. The third-order valence-electron chi connectivity index (χ3n) is 2.56. The monoisotopic (exact) mass is 252 g/mol. The van der Waals surface area contributed by atoms with Crippen LogP contribution >= 0.6 is 12.6 Å². The van der Waals surface area contributed by atoms with Gasteiger partial charge in [-0.3, -0.25) is 9.59 Å². The van der Waals surface area contributed by atoms with Crippen LogP contribution in [-0.2, 0) is 9.53 Å². The molecule has 0 bridgehead atoms. The van der Waals surface area contributed by atoms with Crippen molar-refractivity contribution in [3.05, 3.63) is 35.4 Å². The van der Waals surface area contributed by atoms with Crippen LogP contribution in [0.5, 0.6) is 0 Å². The second-order valence-electron chi connectivity index (χ2n) is 3.90. The number of thiol groups is 1. The van der Waals surface area contributed by atoms with Gasteiger partial charge in [-0.05, 0) is 6.92 Å². The number of hydrogen-bond acceptors (Lipinski definition) is 4. The summed E-state index contributed by atoms with van der Waals surface area (Å²) < 4.78 is 4.62. The molecule has 0 heterocycles. The predicted molar refractivity (Wildman–Crippen MR) is 69.5 cm³/mol. The van der Waals surface area contributed by atoms with Crippen molar-refractivity contribution >= 4 is 24.4 Å². The fourth-order valence-corrected chi connectivity index (χ4v) is 1.75. The number of Topliss-reactive ketones (excluding diaryl/α,β-unsaturated/α-hetero) is 1. The van der Waals surface area contributed by atoms with E-state index in [0.29, 0.717) is 11.3 Å². The van der Waals surface area contributed by atoms with E-state index >= 15 is 0 Å². The lowest BCUT2D eigenvalue weighted by Crippen LogP contribution is -2.21. The van der Waals surface area contributed by atoms with E-state index in [1.165, 1.54) is 7.11 Å². The lowest BCUT2D eigenvalue weighted by Gasteiger charge is -2.10. The maximum Gasteiger partial charge on any atom is 0.309 e. The number of ketones is 1. The largest absolute Gasteiger partial charge is 0.469 e. The number of esters is 1. The summed E-state index contributed by atoms with van der Waals surface area (Å²) >= 11 is 4.06. The van der Waals surface area contributed by atoms with Crippen LogP contribution in [0.1, 0.15) is 22.3 Å². The average molecular weight is 252 g/mol. The highest BCUT2D eigenvalue weighted by atomic mass is 32.1. The first-order valence-corrected chi connectivity index (χ1v) is 6.00. The number of benzene rings is 1. The van der Waals surface area contributed by atoms with Crippen molar-refractivity contribution in [3.63, 3.8) is 0 Å². The molecule has 17 heavy (non-hydrogen) atoms. The summed E-state index contributed by atoms with van der Waals surface area (Å²) in [5.41, 5.74) is 1.71. The van der Waals surface area contributed by atoms with Crippen LogP contribution < -0.4 is 0 Å². The van der Waals surface area contributed by atoms with E-state index in [9.17, 15) is 9.59 Å². The first-order chi connectivity index (χ1) is 8.08. The number of hydrogen-bond donors (Lipinski definition) is 1. The molecule has 1 unspecified atom stereocenters.